The van der Waals surface area contributed by atoms with Crippen LogP contribution in [0.4, 0.5) is 5.13 Å². The Morgan fingerprint density at radius 1 is 1.10 bits per heavy atom. The van der Waals surface area contributed by atoms with Crippen molar-refractivity contribution in [2.24, 2.45) is 0 Å². The van der Waals surface area contributed by atoms with Crippen molar-refractivity contribution >= 4 is 37.4 Å². The summed E-state index contributed by atoms with van der Waals surface area (Å²) in [7, 11) is -3.81. The van der Waals surface area contributed by atoms with Crippen LogP contribution in [0.2, 0.25) is 0 Å². The molecule has 8 heteroatoms. The van der Waals surface area contributed by atoms with E-state index >= 15 is 0 Å². The molecule has 4 rings (SSSR count). The fourth-order valence-electron chi connectivity index (χ4n) is 2.96. The van der Waals surface area contributed by atoms with Crippen molar-refractivity contribution in [1.29, 1.82) is 0 Å². The van der Waals surface area contributed by atoms with E-state index in [9.17, 15) is 13.2 Å². The first-order valence-corrected chi connectivity index (χ1v) is 11.1. The molecule has 0 radical (unpaired) electrons. The molecule has 4 aromatic rings. The molecule has 0 aliphatic heterocycles. The van der Waals surface area contributed by atoms with Gasteiger partial charge in [-0.1, -0.05) is 42.5 Å². The van der Waals surface area contributed by atoms with Crippen LogP contribution in [0.3, 0.4) is 0 Å². The highest BCUT2D eigenvalue weighted by Gasteiger charge is 2.26. The van der Waals surface area contributed by atoms with Gasteiger partial charge in [0.1, 0.15) is 0 Å². The zero-order valence-electron chi connectivity index (χ0n) is 15.3. The number of H-pyrrole nitrogens is 1. The predicted molar refractivity (Wildman–Crippen MR) is 117 cm³/mol. The van der Waals surface area contributed by atoms with Gasteiger partial charge in [0.15, 0.2) is 5.13 Å². The van der Waals surface area contributed by atoms with Crippen LogP contribution in [-0.4, -0.2) is 24.9 Å². The number of sulfonamides is 1. The molecule has 2 aromatic heterocycles. The van der Waals surface area contributed by atoms with Crippen LogP contribution < -0.4 is 9.86 Å². The highest BCUT2D eigenvalue weighted by molar-refractivity contribution is 7.93. The van der Waals surface area contributed by atoms with E-state index in [-0.39, 0.29) is 22.1 Å². The van der Waals surface area contributed by atoms with Crippen LogP contribution in [0.1, 0.15) is 0 Å². The summed E-state index contributed by atoms with van der Waals surface area (Å²) < 4.78 is 27.4. The summed E-state index contributed by atoms with van der Waals surface area (Å²) in [5, 5.41) is 2.83. The molecule has 2 aromatic carbocycles. The van der Waals surface area contributed by atoms with Gasteiger partial charge in [0, 0.05) is 10.9 Å². The standard InChI is InChI=1S/C21H17N3O3S2/c1-2-12-24(29(26,27)16-9-4-3-5-10-16)21-23-19(14-28-21)17-13-15-8-6-7-11-18(15)22-20(17)25/h2-11,13-14H,1,12H2,(H,22,25). The maximum atomic E-state index is 13.1. The van der Waals surface area contributed by atoms with E-state index in [2.05, 4.69) is 16.5 Å². The average molecular weight is 424 g/mol. The van der Waals surface area contributed by atoms with Crippen LogP contribution in [-0.2, 0) is 10.0 Å². The van der Waals surface area contributed by atoms with Crippen LogP contribution in [0.5, 0.6) is 0 Å². The number of pyridine rings is 1. The van der Waals surface area contributed by atoms with Crippen molar-refractivity contribution in [3.05, 3.63) is 89.1 Å². The molecular formula is C21H17N3O3S2. The van der Waals surface area contributed by atoms with E-state index in [0.29, 0.717) is 11.3 Å². The van der Waals surface area contributed by atoms with Gasteiger partial charge in [0.05, 0.1) is 22.7 Å². The molecular weight excluding hydrogens is 406 g/mol. The number of rotatable bonds is 6. The molecule has 0 spiro atoms. The van der Waals surface area contributed by atoms with Crippen molar-refractivity contribution in [2.45, 2.75) is 4.90 Å². The fraction of sp³-hybridized carbons (Fsp3) is 0.0476. The van der Waals surface area contributed by atoms with Gasteiger partial charge < -0.3 is 4.98 Å². The fourth-order valence-corrected chi connectivity index (χ4v) is 5.42. The summed E-state index contributed by atoms with van der Waals surface area (Å²) in [6, 6.07) is 17.4. The molecule has 0 aliphatic rings. The monoisotopic (exact) mass is 423 g/mol. The Labute approximate surface area is 171 Å². The van der Waals surface area contributed by atoms with E-state index in [0.717, 1.165) is 22.2 Å². The summed E-state index contributed by atoms with van der Waals surface area (Å²) in [5.74, 6) is 0. The van der Waals surface area contributed by atoms with Crippen molar-refractivity contribution in [3.63, 3.8) is 0 Å². The molecule has 0 bridgehead atoms. The Hall–Kier alpha value is -3.23. The van der Waals surface area contributed by atoms with Gasteiger partial charge in [-0.25, -0.2) is 17.7 Å². The second-order valence-corrected chi connectivity index (χ2v) is 8.95. The van der Waals surface area contributed by atoms with Crippen molar-refractivity contribution in [1.82, 2.24) is 9.97 Å². The Bertz CT molecular complexity index is 1340. The smallest absolute Gasteiger partial charge is 0.266 e. The third kappa shape index (κ3) is 3.59. The first kappa shape index (κ1) is 19.1. The number of benzene rings is 2. The number of fused-ring (bicyclic) bond motifs is 1. The summed E-state index contributed by atoms with van der Waals surface area (Å²) >= 11 is 1.16. The molecule has 29 heavy (non-hydrogen) atoms. The first-order valence-electron chi connectivity index (χ1n) is 8.77. The summed E-state index contributed by atoms with van der Waals surface area (Å²) in [4.78, 5) is 20.0. The second kappa shape index (κ2) is 7.65. The molecule has 6 nitrogen and oxygen atoms in total. The number of nitrogens with zero attached hydrogens (tertiary/aromatic N) is 2. The lowest BCUT2D eigenvalue weighted by Crippen LogP contribution is -2.31. The minimum atomic E-state index is -3.81. The molecule has 0 atom stereocenters. The Balaban J connectivity index is 1.78. The van der Waals surface area contributed by atoms with Gasteiger partial charge in [0.2, 0.25) is 0 Å². The summed E-state index contributed by atoms with van der Waals surface area (Å²) in [5.41, 5.74) is 1.27. The van der Waals surface area contributed by atoms with E-state index in [4.69, 9.17) is 0 Å². The third-order valence-electron chi connectivity index (χ3n) is 4.36. The van der Waals surface area contributed by atoms with Crippen LogP contribution in [0.15, 0.2) is 88.4 Å². The number of anilines is 1. The highest BCUT2D eigenvalue weighted by Crippen LogP contribution is 2.30. The summed E-state index contributed by atoms with van der Waals surface area (Å²) in [6.07, 6.45) is 1.50. The quantitative estimate of drug-likeness (QED) is 0.475. The largest absolute Gasteiger partial charge is 0.321 e. The van der Waals surface area contributed by atoms with Crippen LogP contribution in [0, 0.1) is 0 Å². The first-order chi connectivity index (χ1) is 14.0. The predicted octanol–water partition coefficient (Wildman–Crippen LogP) is 4.03. The van der Waals surface area contributed by atoms with Crippen LogP contribution in [0.25, 0.3) is 22.2 Å². The van der Waals surface area contributed by atoms with Crippen LogP contribution >= 0.6 is 11.3 Å². The maximum Gasteiger partial charge on any atom is 0.266 e. The SMILES string of the molecule is C=CCN(c1nc(-c2cc3ccccc3[nH]c2=O)cs1)S(=O)(=O)c1ccccc1. The molecule has 146 valence electrons. The Morgan fingerprint density at radius 2 is 1.83 bits per heavy atom. The topological polar surface area (TPSA) is 83.1 Å². The molecule has 0 aliphatic carbocycles. The zero-order chi connectivity index (χ0) is 20.4. The normalized spacial score (nSPS) is 11.4. The van der Waals surface area contributed by atoms with E-state index in [1.807, 2.05) is 24.3 Å². The van der Waals surface area contributed by atoms with E-state index in [1.54, 1.807) is 29.6 Å². The van der Waals surface area contributed by atoms with E-state index < -0.39 is 10.0 Å². The number of para-hydroxylation sites is 1. The number of hydrogen-bond acceptors (Lipinski definition) is 5. The summed E-state index contributed by atoms with van der Waals surface area (Å²) in [6.45, 7) is 3.73. The number of aromatic nitrogens is 2. The minimum Gasteiger partial charge on any atom is -0.321 e. The number of aromatic amines is 1. The molecule has 0 fully saturated rings. The highest BCUT2D eigenvalue weighted by atomic mass is 32.2. The molecule has 0 saturated carbocycles. The zero-order valence-corrected chi connectivity index (χ0v) is 16.9. The Morgan fingerprint density at radius 3 is 2.59 bits per heavy atom. The minimum absolute atomic E-state index is 0.0677. The lowest BCUT2D eigenvalue weighted by atomic mass is 10.1. The number of hydrogen-bond donors (Lipinski definition) is 1. The molecule has 1 N–H and O–H groups in total. The molecule has 0 amide bonds. The van der Waals surface area contributed by atoms with Gasteiger partial charge in [-0.2, -0.15) is 0 Å². The van der Waals surface area contributed by atoms with Gasteiger partial charge in [0.25, 0.3) is 15.6 Å². The van der Waals surface area contributed by atoms with E-state index in [1.165, 1.54) is 22.5 Å². The van der Waals surface area contributed by atoms with Gasteiger partial charge in [-0.15, -0.1) is 17.9 Å². The Kier molecular flexibility index (Phi) is 5.04. The third-order valence-corrected chi connectivity index (χ3v) is 7.11. The van der Waals surface area contributed by atoms with Crippen molar-refractivity contribution in [3.8, 4) is 11.3 Å². The van der Waals surface area contributed by atoms with Gasteiger partial charge >= 0.3 is 0 Å². The second-order valence-electron chi connectivity index (χ2n) is 6.25. The van der Waals surface area contributed by atoms with Gasteiger partial charge in [-0.3, -0.25) is 4.79 Å². The van der Waals surface area contributed by atoms with Crippen molar-refractivity contribution < 1.29 is 8.42 Å². The lowest BCUT2D eigenvalue weighted by molar-refractivity contribution is 0.593. The van der Waals surface area contributed by atoms with Gasteiger partial charge in [-0.05, 0) is 29.7 Å². The average Bonchev–Trinajstić information content (AvgIpc) is 3.21. The van der Waals surface area contributed by atoms with Crippen molar-refractivity contribution in [2.75, 3.05) is 10.8 Å². The lowest BCUT2D eigenvalue weighted by Gasteiger charge is -2.20. The number of thiazole rings is 1. The number of nitrogens with one attached hydrogen (secondary N) is 1. The molecule has 2 heterocycles. The molecule has 0 unspecified atom stereocenters. The molecule has 0 saturated heterocycles. The maximum absolute atomic E-state index is 13.1.